The summed E-state index contributed by atoms with van der Waals surface area (Å²) in [7, 11) is -1.64. The van der Waals surface area contributed by atoms with Gasteiger partial charge in [-0.05, 0) is 36.7 Å². The maximum absolute atomic E-state index is 10.2. The number of hydrogen-bond donors (Lipinski definition) is 0. The van der Waals surface area contributed by atoms with Gasteiger partial charge in [0.1, 0.15) is 6.29 Å². The van der Waals surface area contributed by atoms with Gasteiger partial charge in [-0.15, -0.1) is 0 Å². The van der Waals surface area contributed by atoms with Crippen LogP contribution in [0.2, 0.25) is 18.1 Å². The van der Waals surface area contributed by atoms with Gasteiger partial charge in [0.2, 0.25) is 0 Å². The summed E-state index contributed by atoms with van der Waals surface area (Å²) in [6.07, 6.45) is 6.23. The van der Waals surface area contributed by atoms with Gasteiger partial charge in [0.15, 0.2) is 8.32 Å². The summed E-state index contributed by atoms with van der Waals surface area (Å²) in [6.45, 7) is 13.7. The van der Waals surface area contributed by atoms with E-state index < -0.39 is 8.32 Å². The van der Waals surface area contributed by atoms with Crippen molar-refractivity contribution in [1.29, 1.82) is 0 Å². The predicted molar refractivity (Wildman–Crippen MR) is 72.1 cm³/mol. The standard InChI is InChI=1S/C13H24O2Si/c1-12(9-10-14)8-7-11-15-16(5,6)13(2,3)4/h7-10H,11H2,1-6H3/b8-7+,12-9+. The van der Waals surface area contributed by atoms with E-state index in [4.69, 9.17) is 4.43 Å². The fourth-order valence-electron chi connectivity index (χ4n) is 0.870. The van der Waals surface area contributed by atoms with Crippen molar-refractivity contribution >= 4 is 14.6 Å². The topological polar surface area (TPSA) is 26.3 Å². The third-order valence-corrected chi connectivity index (χ3v) is 7.56. The molecule has 0 atom stereocenters. The van der Waals surface area contributed by atoms with Crippen LogP contribution in [0.5, 0.6) is 0 Å². The second kappa shape index (κ2) is 6.16. The summed E-state index contributed by atoms with van der Waals surface area (Å²) < 4.78 is 5.96. The van der Waals surface area contributed by atoms with Crippen LogP contribution >= 0.6 is 0 Å². The van der Waals surface area contributed by atoms with Gasteiger partial charge in [0.05, 0.1) is 6.61 Å². The first-order valence-corrected chi connectivity index (χ1v) is 8.54. The summed E-state index contributed by atoms with van der Waals surface area (Å²) in [5, 5.41) is 0.245. The largest absolute Gasteiger partial charge is 0.413 e. The third-order valence-electron chi connectivity index (χ3n) is 3.06. The van der Waals surface area contributed by atoms with E-state index in [-0.39, 0.29) is 5.04 Å². The first kappa shape index (κ1) is 15.3. The number of carbonyl (C=O) groups is 1. The van der Waals surface area contributed by atoms with Gasteiger partial charge >= 0.3 is 0 Å². The minimum absolute atomic E-state index is 0.245. The van der Waals surface area contributed by atoms with Crippen LogP contribution in [-0.4, -0.2) is 21.2 Å². The Hall–Kier alpha value is -0.673. The van der Waals surface area contributed by atoms with Gasteiger partial charge in [-0.3, -0.25) is 4.79 Å². The maximum atomic E-state index is 10.2. The highest BCUT2D eigenvalue weighted by molar-refractivity contribution is 6.74. The molecule has 0 saturated carbocycles. The lowest BCUT2D eigenvalue weighted by Crippen LogP contribution is -2.40. The second-order valence-electron chi connectivity index (χ2n) is 5.52. The number of carbonyl (C=O) groups excluding carboxylic acids is 1. The number of aldehydes is 1. The molecule has 0 rings (SSSR count). The van der Waals surface area contributed by atoms with Gasteiger partial charge in [-0.2, -0.15) is 0 Å². The van der Waals surface area contributed by atoms with Crippen LogP contribution in [0.25, 0.3) is 0 Å². The van der Waals surface area contributed by atoms with Crippen molar-refractivity contribution in [3.8, 4) is 0 Å². The number of hydrogen-bond acceptors (Lipinski definition) is 2. The minimum atomic E-state index is -1.64. The van der Waals surface area contributed by atoms with E-state index in [1.54, 1.807) is 6.08 Å². The molecular formula is C13H24O2Si. The van der Waals surface area contributed by atoms with Crippen LogP contribution < -0.4 is 0 Å². The molecule has 0 aliphatic heterocycles. The first-order valence-electron chi connectivity index (χ1n) is 5.63. The Morgan fingerprint density at radius 2 is 1.88 bits per heavy atom. The Bertz CT molecular complexity index is 283. The molecule has 0 radical (unpaired) electrons. The monoisotopic (exact) mass is 240 g/mol. The molecule has 16 heavy (non-hydrogen) atoms. The zero-order chi connectivity index (χ0) is 12.8. The molecule has 0 aromatic carbocycles. The molecule has 0 aliphatic rings. The predicted octanol–water partition coefficient (Wildman–Crippen LogP) is 3.71. The molecule has 0 amide bonds. The minimum Gasteiger partial charge on any atom is -0.413 e. The highest BCUT2D eigenvalue weighted by Gasteiger charge is 2.36. The smallest absolute Gasteiger partial charge is 0.192 e. The van der Waals surface area contributed by atoms with Crippen LogP contribution in [0.15, 0.2) is 23.8 Å². The highest BCUT2D eigenvalue weighted by atomic mass is 28.4. The summed E-state index contributed by atoms with van der Waals surface area (Å²) in [6, 6.07) is 0. The van der Waals surface area contributed by atoms with Crippen LogP contribution in [-0.2, 0) is 9.22 Å². The summed E-state index contributed by atoms with van der Waals surface area (Å²) in [5.74, 6) is 0. The van der Waals surface area contributed by atoms with Gasteiger partial charge < -0.3 is 4.43 Å². The fraction of sp³-hybridized carbons (Fsp3) is 0.615. The molecule has 3 heteroatoms. The quantitative estimate of drug-likeness (QED) is 0.317. The Morgan fingerprint density at radius 3 is 2.31 bits per heavy atom. The molecule has 0 N–H and O–H groups in total. The van der Waals surface area contributed by atoms with Crippen molar-refractivity contribution < 1.29 is 9.22 Å². The van der Waals surface area contributed by atoms with Crippen molar-refractivity contribution in [3.05, 3.63) is 23.8 Å². The Balaban J connectivity index is 4.18. The van der Waals surface area contributed by atoms with Crippen molar-refractivity contribution in [2.24, 2.45) is 0 Å². The Morgan fingerprint density at radius 1 is 1.31 bits per heavy atom. The Kier molecular flexibility index (Phi) is 5.90. The molecule has 0 unspecified atom stereocenters. The van der Waals surface area contributed by atoms with Crippen molar-refractivity contribution in [2.45, 2.75) is 45.8 Å². The van der Waals surface area contributed by atoms with Crippen LogP contribution in [0.1, 0.15) is 27.7 Å². The lowest BCUT2D eigenvalue weighted by Gasteiger charge is -2.35. The number of rotatable bonds is 5. The van der Waals surface area contributed by atoms with Gasteiger partial charge in [0, 0.05) is 0 Å². The molecule has 0 heterocycles. The van der Waals surface area contributed by atoms with E-state index in [1.165, 1.54) is 0 Å². The van der Waals surface area contributed by atoms with E-state index in [0.29, 0.717) is 6.61 Å². The summed E-state index contributed by atoms with van der Waals surface area (Å²) >= 11 is 0. The van der Waals surface area contributed by atoms with Crippen LogP contribution in [0, 0.1) is 0 Å². The number of allylic oxidation sites excluding steroid dienone is 3. The van der Waals surface area contributed by atoms with E-state index in [9.17, 15) is 4.79 Å². The zero-order valence-corrected chi connectivity index (χ0v) is 12.3. The molecule has 92 valence electrons. The second-order valence-corrected chi connectivity index (χ2v) is 10.3. The van der Waals surface area contributed by atoms with Gasteiger partial charge in [0.25, 0.3) is 0 Å². The normalized spacial score (nSPS) is 14.5. The molecule has 0 spiro atoms. The van der Waals surface area contributed by atoms with E-state index >= 15 is 0 Å². The average Bonchev–Trinajstić information content (AvgIpc) is 2.11. The van der Waals surface area contributed by atoms with Crippen LogP contribution in [0.3, 0.4) is 0 Å². The zero-order valence-electron chi connectivity index (χ0n) is 11.3. The van der Waals surface area contributed by atoms with Crippen molar-refractivity contribution in [3.63, 3.8) is 0 Å². The fourth-order valence-corrected chi connectivity index (χ4v) is 1.82. The molecule has 0 bridgehead atoms. The summed E-state index contributed by atoms with van der Waals surface area (Å²) in [4.78, 5) is 10.2. The van der Waals surface area contributed by atoms with Crippen LogP contribution in [0.4, 0.5) is 0 Å². The molecule has 0 fully saturated rings. The van der Waals surface area contributed by atoms with Crippen molar-refractivity contribution in [2.75, 3.05) is 6.61 Å². The SMILES string of the molecule is CC(/C=C/CO[Si](C)(C)C(C)(C)C)=C\C=O. The highest BCUT2D eigenvalue weighted by Crippen LogP contribution is 2.36. The van der Waals surface area contributed by atoms with Crippen molar-refractivity contribution in [1.82, 2.24) is 0 Å². The molecule has 0 aromatic heterocycles. The van der Waals surface area contributed by atoms with E-state index in [0.717, 1.165) is 11.9 Å². The average molecular weight is 240 g/mol. The van der Waals surface area contributed by atoms with Gasteiger partial charge in [-0.25, -0.2) is 0 Å². The molecular weight excluding hydrogens is 216 g/mol. The summed E-state index contributed by atoms with van der Waals surface area (Å²) in [5.41, 5.74) is 0.953. The lowest BCUT2D eigenvalue weighted by atomic mass is 10.2. The lowest BCUT2D eigenvalue weighted by molar-refractivity contribution is -0.104. The molecule has 0 aliphatic carbocycles. The maximum Gasteiger partial charge on any atom is 0.192 e. The molecule has 0 saturated heterocycles. The van der Waals surface area contributed by atoms with E-state index in [1.807, 2.05) is 19.1 Å². The van der Waals surface area contributed by atoms with E-state index in [2.05, 4.69) is 33.9 Å². The van der Waals surface area contributed by atoms with Gasteiger partial charge in [-0.1, -0.05) is 32.9 Å². The Labute approximate surface area is 101 Å². The first-order chi connectivity index (χ1) is 7.20. The third kappa shape index (κ3) is 5.42. The molecule has 2 nitrogen and oxygen atoms in total. The molecule has 0 aromatic rings.